The molecule has 3 aromatic carbocycles. The molecular formula is C24H25N3O2. The van der Waals surface area contributed by atoms with Crippen LogP contribution < -0.4 is 16.0 Å². The highest BCUT2D eigenvalue weighted by molar-refractivity contribution is 6.10. The lowest BCUT2D eigenvalue weighted by molar-refractivity contribution is -0.123. The second-order valence-corrected chi connectivity index (χ2v) is 7.77. The van der Waals surface area contributed by atoms with Crippen LogP contribution in [-0.4, -0.2) is 11.8 Å². The van der Waals surface area contributed by atoms with Gasteiger partial charge in [0, 0.05) is 22.5 Å². The van der Waals surface area contributed by atoms with E-state index in [9.17, 15) is 9.59 Å². The average molecular weight is 387 g/mol. The minimum Gasteiger partial charge on any atom is -0.356 e. The van der Waals surface area contributed by atoms with Crippen molar-refractivity contribution in [3.8, 4) is 0 Å². The minimum atomic E-state index is -0.550. The van der Waals surface area contributed by atoms with Crippen molar-refractivity contribution in [2.75, 3.05) is 16.0 Å². The van der Waals surface area contributed by atoms with Gasteiger partial charge in [-0.25, -0.2) is 0 Å². The van der Waals surface area contributed by atoms with Gasteiger partial charge >= 0.3 is 0 Å². The summed E-state index contributed by atoms with van der Waals surface area (Å²) in [6.45, 7) is 5.49. The highest BCUT2D eigenvalue weighted by Crippen LogP contribution is 2.23. The number of carbonyl (C=O) groups is 2. The molecule has 3 N–H and O–H groups in total. The Morgan fingerprint density at radius 1 is 0.655 bits per heavy atom. The van der Waals surface area contributed by atoms with Gasteiger partial charge in [-0.05, 0) is 48.5 Å². The fourth-order valence-electron chi connectivity index (χ4n) is 2.62. The lowest BCUT2D eigenvalue weighted by atomic mass is 9.95. The second kappa shape index (κ2) is 8.61. The summed E-state index contributed by atoms with van der Waals surface area (Å²) in [5.41, 5.74) is 2.94. The van der Waals surface area contributed by atoms with Gasteiger partial charge in [-0.15, -0.1) is 0 Å². The molecule has 5 heteroatoms. The van der Waals surface area contributed by atoms with Gasteiger partial charge in [-0.2, -0.15) is 0 Å². The Morgan fingerprint density at radius 2 is 1.21 bits per heavy atom. The van der Waals surface area contributed by atoms with Crippen LogP contribution in [0.4, 0.5) is 22.7 Å². The molecule has 29 heavy (non-hydrogen) atoms. The first-order valence-electron chi connectivity index (χ1n) is 9.47. The van der Waals surface area contributed by atoms with Gasteiger partial charge in [0.2, 0.25) is 5.91 Å². The van der Waals surface area contributed by atoms with Crippen molar-refractivity contribution in [3.05, 3.63) is 84.4 Å². The number of benzene rings is 3. The summed E-state index contributed by atoms with van der Waals surface area (Å²) < 4.78 is 0. The molecule has 3 aromatic rings. The predicted octanol–water partition coefficient (Wildman–Crippen LogP) is 5.67. The molecule has 0 spiro atoms. The molecule has 0 aliphatic carbocycles. The van der Waals surface area contributed by atoms with E-state index in [4.69, 9.17) is 0 Å². The number of anilines is 4. The van der Waals surface area contributed by atoms with Crippen LogP contribution in [0, 0.1) is 5.41 Å². The Morgan fingerprint density at radius 3 is 1.86 bits per heavy atom. The quantitative estimate of drug-likeness (QED) is 0.528. The minimum absolute atomic E-state index is 0.144. The lowest BCUT2D eigenvalue weighted by Crippen LogP contribution is -2.28. The maximum atomic E-state index is 12.8. The standard InChI is InChI=1S/C24H25N3O2/c1-24(2,3)23(29)27-21-12-8-7-11-20(21)22(28)26-19-15-13-18(14-16-19)25-17-9-5-4-6-10-17/h4-16,25H,1-3H3,(H,26,28)(H,27,29). The highest BCUT2D eigenvalue weighted by Gasteiger charge is 2.23. The van der Waals surface area contributed by atoms with Crippen LogP contribution in [0.3, 0.4) is 0 Å². The van der Waals surface area contributed by atoms with Gasteiger partial charge in [-0.3, -0.25) is 9.59 Å². The summed E-state index contributed by atoms with van der Waals surface area (Å²) in [4.78, 5) is 25.1. The van der Waals surface area contributed by atoms with Crippen LogP contribution in [0.25, 0.3) is 0 Å². The molecule has 5 nitrogen and oxygen atoms in total. The molecule has 2 amide bonds. The van der Waals surface area contributed by atoms with E-state index < -0.39 is 5.41 Å². The molecule has 0 saturated carbocycles. The molecule has 0 aliphatic rings. The van der Waals surface area contributed by atoms with E-state index in [1.807, 2.05) is 75.4 Å². The summed E-state index contributed by atoms with van der Waals surface area (Å²) in [6.07, 6.45) is 0. The molecule has 0 heterocycles. The van der Waals surface area contributed by atoms with Gasteiger partial charge in [-0.1, -0.05) is 51.1 Å². The normalized spacial score (nSPS) is 10.9. The third kappa shape index (κ3) is 5.45. The number of nitrogens with one attached hydrogen (secondary N) is 3. The second-order valence-electron chi connectivity index (χ2n) is 7.77. The lowest BCUT2D eigenvalue weighted by Gasteiger charge is -2.19. The van der Waals surface area contributed by atoms with E-state index >= 15 is 0 Å². The molecule has 0 bridgehead atoms. The zero-order chi connectivity index (χ0) is 20.9. The average Bonchev–Trinajstić information content (AvgIpc) is 2.70. The van der Waals surface area contributed by atoms with Gasteiger partial charge < -0.3 is 16.0 Å². The molecular weight excluding hydrogens is 362 g/mol. The third-order valence-corrected chi connectivity index (χ3v) is 4.31. The maximum Gasteiger partial charge on any atom is 0.257 e. The SMILES string of the molecule is CC(C)(C)C(=O)Nc1ccccc1C(=O)Nc1ccc(Nc2ccccc2)cc1. The molecule has 0 radical (unpaired) electrons. The largest absolute Gasteiger partial charge is 0.356 e. The Balaban J connectivity index is 1.70. The third-order valence-electron chi connectivity index (χ3n) is 4.31. The Labute approximate surface area is 171 Å². The van der Waals surface area contributed by atoms with E-state index in [2.05, 4.69) is 16.0 Å². The van der Waals surface area contributed by atoms with E-state index in [0.29, 0.717) is 16.9 Å². The number of amides is 2. The van der Waals surface area contributed by atoms with Crippen LogP contribution >= 0.6 is 0 Å². The van der Waals surface area contributed by atoms with E-state index in [1.54, 1.807) is 24.3 Å². The van der Waals surface area contributed by atoms with Crippen molar-refractivity contribution >= 4 is 34.6 Å². The van der Waals surface area contributed by atoms with Crippen molar-refractivity contribution < 1.29 is 9.59 Å². The van der Waals surface area contributed by atoms with E-state index in [-0.39, 0.29) is 11.8 Å². The fourth-order valence-corrected chi connectivity index (χ4v) is 2.62. The topological polar surface area (TPSA) is 70.2 Å². The van der Waals surface area contributed by atoms with E-state index in [0.717, 1.165) is 11.4 Å². The molecule has 3 rings (SSSR count). The van der Waals surface area contributed by atoms with Crippen LogP contribution in [0.5, 0.6) is 0 Å². The molecule has 0 atom stereocenters. The Hall–Kier alpha value is -3.60. The first kappa shape index (κ1) is 20.1. The fraction of sp³-hybridized carbons (Fsp3) is 0.167. The van der Waals surface area contributed by atoms with Crippen molar-refractivity contribution in [2.45, 2.75) is 20.8 Å². The number of hydrogen-bond acceptors (Lipinski definition) is 3. The van der Waals surface area contributed by atoms with Crippen LogP contribution in [0.15, 0.2) is 78.9 Å². The summed E-state index contributed by atoms with van der Waals surface area (Å²) in [7, 11) is 0. The number of hydrogen-bond donors (Lipinski definition) is 3. The predicted molar refractivity (Wildman–Crippen MR) is 119 cm³/mol. The highest BCUT2D eigenvalue weighted by atomic mass is 16.2. The van der Waals surface area contributed by atoms with Crippen molar-refractivity contribution in [1.82, 2.24) is 0 Å². The van der Waals surface area contributed by atoms with Crippen LogP contribution in [0.2, 0.25) is 0 Å². The van der Waals surface area contributed by atoms with Crippen LogP contribution in [-0.2, 0) is 4.79 Å². The van der Waals surface area contributed by atoms with Gasteiger partial charge in [0.15, 0.2) is 0 Å². The van der Waals surface area contributed by atoms with Crippen molar-refractivity contribution in [1.29, 1.82) is 0 Å². The van der Waals surface area contributed by atoms with Crippen molar-refractivity contribution in [2.24, 2.45) is 5.41 Å². The number of rotatable bonds is 5. The molecule has 0 aromatic heterocycles. The van der Waals surface area contributed by atoms with Crippen molar-refractivity contribution in [3.63, 3.8) is 0 Å². The maximum absolute atomic E-state index is 12.8. The molecule has 148 valence electrons. The zero-order valence-electron chi connectivity index (χ0n) is 16.8. The van der Waals surface area contributed by atoms with Gasteiger partial charge in [0.25, 0.3) is 5.91 Å². The van der Waals surface area contributed by atoms with Gasteiger partial charge in [0.05, 0.1) is 11.3 Å². The number of para-hydroxylation sites is 2. The van der Waals surface area contributed by atoms with E-state index in [1.165, 1.54) is 0 Å². The summed E-state index contributed by atoms with van der Waals surface area (Å²) in [5, 5.41) is 9.03. The zero-order valence-corrected chi connectivity index (χ0v) is 16.8. The number of carbonyl (C=O) groups excluding carboxylic acids is 2. The Kier molecular flexibility index (Phi) is 5.98. The molecule has 0 fully saturated rings. The smallest absolute Gasteiger partial charge is 0.257 e. The summed E-state index contributed by atoms with van der Waals surface area (Å²) in [5.74, 6) is -0.423. The summed E-state index contributed by atoms with van der Waals surface area (Å²) >= 11 is 0. The molecule has 0 aliphatic heterocycles. The Bertz CT molecular complexity index is 991. The van der Waals surface area contributed by atoms with Gasteiger partial charge in [0.1, 0.15) is 0 Å². The first-order chi connectivity index (χ1) is 13.8. The van der Waals surface area contributed by atoms with Crippen LogP contribution in [0.1, 0.15) is 31.1 Å². The summed E-state index contributed by atoms with van der Waals surface area (Å²) in [6, 6.07) is 24.3. The molecule has 0 unspecified atom stereocenters. The molecule has 0 saturated heterocycles. The monoisotopic (exact) mass is 387 g/mol. The first-order valence-corrected chi connectivity index (χ1v) is 9.47.